The molecule has 2 aromatic carbocycles. The van der Waals surface area contributed by atoms with Gasteiger partial charge in [-0.05, 0) is 96.2 Å². The molecule has 6 rings (SSSR count). The van der Waals surface area contributed by atoms with Crippen LogP contribution in [0.1, 0.15) is 70.3 Å². The second kappa shape index (κ2) is 12.2. The first-order valence-corrected chi connectivity index (χ1v) is 16.4. The molecule has 0 spiro atoms. The molecule has 1 N–H and O–H groups in total. The number of benzene rings is 2. The predicted molar refractivity (Wildman–Crippen MR) is 181 cm³/mol. The van der Waals surface area contributed by atoms with Gasteiger partial charge in [0.25, 0.3) is 0 Å². The number of carbonyl (C=O) groups is 3. The van der Waals surface area contributed by atoms with Crippen molar-refractivity contribution in [2.75, 3.05) is 13.7 Å². The maximum atomic E-state index is 14.2. The molecule has 1 atom stereocenters. The lowest BCUT2D eigenvalue weighted by molar-refractivity contribution is 0.0486. The Morgan fingerprint density at radius 1 is 1.02 bits per heavy atom. The van der Waals surface area contributed by atoms with Gasteiger partial charge in [-0.1, -0.05) is 23.7 Å². The lowest BCUT2D eigenvalue weighted by Gasteiger charge is -2.24. The van der Waals surface area contributed by atoms with Gasteiger partial charge in [0, 0.05) is 40.4 Å². The SMILES string of the molecule is COc1nn(C(=O)OC(C)(C)C)cc1-c1ccc2c(C(=O)C3COc4ccc(Cl)cc4C3)cn(CC3(NC(=O)OC(C)(C)C)CC3)c2c1. The van der Waals surface area contributed by atoms with Gasteiger partial charge in [0.05, 0.1) is 30.7 Å². The Balaban J connectivity index is 1.38. The number of amides is 1. The van der Waals surface area contributed by atoms with E-state index >= 15 is 0 Å². The number of ketones is 1. The van der Waals surface area contributed by atoms with Crippen molar-refractivity contribution in [1.29, 1.82) is 0 Å². The van der Waals surface area contributed by atoms with E-state index in [-0.39, 0.29) is 18.3 Å². The molecule has 48 heavy (non-hydrogen) atoms. The minimum atomic E-state index is -0.705. The zero-order chi connectivity index (χ0) is 34.6. The number of Topliss-reactive ketones (excluding diaryl/α,β-unsaturated/α-hetero) is 1. The Kier molecular flexibility index (Phi) is 8.47. The Bertz CT molecular complexity index is 1910. The number of nitrogens with zero attached hydrogens (tertiary/aromatic N) is 3. The number of ether oxygens (including phenoxy) is 4. The first kappa shape index (κ1) is 33.4. The topological polar surface area (TPSA) is 123 Å². The monoisotopic (exact) mass is 676 g/mol. The van der Waals surface area contributed by atoms with Gasteiger partial charge in [0.2, 0.25) is 5.88 Å². The van der Waals surface area contributed by atoms with Crippen LogP contribution < -0.4 is 14.8 Å². The quantitative estimate of drug-likeness (QED) is 0.200. The zero-order valence-corrected chi connectivity index (χ0v) is 29.1. The summed E-state index contributed by atoms with van der Waals surface area (Å²) in [4.78, 5) is 39.8. The highest BCUT2D eigenvalue weighted by Gasteiger charge is 2.46. The molecule has 12 heteroatoms. The fourth-order valence-electron chi connectivity index (χ4n) is 5.97. The van der Waals surface area contributed by atoms with Crippen molar-refractivity contribution in [3.63, 3.8) is 0 Å². The highest BCUT2D eigenvalue weighted by atomic mass is 35.5. The van der Waals surface area contributed by atoms with Crippen LogP contribution in [0.4, 0.5) is 9.59 Å². The van der Waals surface area contributed by atoms with Gasteiger partial charge in [0.1, 0.15) is 17.0 Å². The number of hydrogen-bond acceptors (Lipinski definition) is 8. The summed E-state index contributed by atoms with van der Waals surface area (Å²) < 4.78 is 25.7. The van der Waals surface area contributed by atoms with Gasteiger partial charge < -0.3 is 28.8 Å². The summed E-state index contributed by atoms with van der Waals surface area (Å²) in [6, 6.07) is 11.2. The lowest BCUT2D eigenvalue weighted by atomic mass is 9.89. The number of halogens is 1. The second-order valence-electron chi connectivity index (χ2n) is 14.6. The van der Waals surface area contributed by atoms with Crippen LogP contribution in [0, 0.1) is 5.92 Å². The predicted octanol–water partition coefficient (Wildman–Crippen LogP) is 7.44. The molecular formula is C36H41ClN4O7. The fourth-order valence-corrected chi connectivity index (χ4v) is 6.16. The number of rotatable bonds is 7. The smallest absolute Gasteiger partial charge is 0.435 e. The Morgan fingerprint density at radius 2 is 1.75 bits per heavy atom. The molecule has 1 saturated carbocycles. The van der Waals surface area contributed by atoms with Crippen LogP contribution in [-0.4, -0.2) is 62.8 Å². The molecule has 254 valence electrons. The molecule has 2 aromatic heterocycles. The number of hydrogen-bond donors (Lipinski definition) is 1. The molecule has 1 aliphatic heterocycles. The van der Waals surface area contributed by atoms with Gasteiger partial charge in [-0.2, -0.15) is 4.68 Å². The lowest BCUT2D eigenvalue weighted by Crippen LogP contribution is -2.43. The van der Waals surface area contributed by atoms with Crippen molar-refractivity contribution in [3.05, 3.63) is 64.9 Å². The maximum absolute atomic E-state index is 14.2. The largest absolute Gasteiger partial charge is 0.493 e. The third-order valence-corrected chi connectivity index (χ3v) is 8.54. The molecule has 0 bridgehead atoms. The molecule has 11 nitrogen and oxygen atoms in total. The minimum Gasteiger partial charge on any atom is -0.493 e. The zero-order valence-electron chi connectivity index (χ0n) is 28.3. The van der Waals surface area contributed by atoms with Crippen LogP contribution in [0.5, 0.6) is 11.6 Å². The summed E-state index contributed by atoms with van der Waals surface area (Å²) in [5.41, 5.74) is 1.67. The van der Waals surface area contributed by atoms with E-state index in [1.807, 2.05) is 61.9 Å². The third kappa shape index (κ3) is 7.16. The van der Waals surface area contributed by atoms with E-state index in [2.05, 4.69) is 10.4 Å². The first-order chi connectivity index (χ1) is 22.5. The maximum Gasteiger partial charge on any atom is 0.435 e. The molecule has 0 radical (unpaired) electrons. The van der Waals surface area contributed by atoms with Crippen molar-refractivity contribution in [1.82, 2.24) is 19.7 Å². The molecular weight excluding hydrogens is 636 g/mol. The van der Waals surface area contributed by atoms with Crippen LogP contribution in [0.2, 0.25) is 5.02 Å². The normalized spacial score (nSPS) is 16.9. The fraction of sp³-hybridized carbons (Fsp3) is 0.444. The summed E-state index contributed by atoms with van der Waals surface area (Å²) in [5.74, 6) is 0.533. The van der Waals surface area contributed by atoms with E-state index in [0.29, 0.717) is 29.1 Å². The second-order valence-corrected chi connectivity index (χ2v) is 15.1. The number of aromatic nitrogens is 3. The van der Waals surface area contributed by atoms with Crippen molar-refractivity contribution in [2.45, 2.75) is 84.1 Å². The molecule has 1 unspecified atom stereocenters. The van der Waals surface area contributed by atoms with Crippen molar-refractivity contribution >= 4 is 40.5 Å². The molecule has 4 aromatic rings. The summed E-state index contributed by atoms with van der Waals surface area (Å²) in [6.45, 7) is 11.5. The van der Waals surface area contributed by atoms with E-state index in [0.717, 1.165) is 45.3 Å². The average molecular weight is 677 g/mol. The van der Waals surface area contributed by atoms with Crippen LogP contribution in [0.15, 0.2) is 48.8 Å². The summed E-state index contributed by atoms with van der Waals surface area (Å²) >= 11 is 6.25. The Morgan fingerprint density at radius 3 is 2.42 bits per heavy atom. The number of fused-ring (bicyclic) bond motifs is 2. The third-order valence-electron chi connectivity index (χ3n) is 8.31. The molecule has 1 aliphatic carbocycles. The van der Waals surface area contributed by atoms with Crippen LogP contribution in [-0.2, 0) is 22.4 Å². The average Bonchev–Trinajstić information content (AvgIpc) is 3.44. The van der Waals surface area contributed by atoms with Gasteiger partial charge >= 0.3 is 12.2 Å². The minimum absolute atomic E-state index is 0.0441. The van der Waals surface area contributed by atoms with E-state index < -0.39 is 34.8 Å². The van der Waals surface area contributed by atoms with E-state index in [9.17, 15) is 14.4 Å². The van der Waals surface area contributed by atoms with Crippen molar-refractivity contribution in [3.8, 4) is 22.8 Å². The molecule has 0 saturated heterocycles. The number of alkyl carbamates (subject to hydrolysis) is 1. The van der Waals surface area contributed by atoms with Gasteiger partial charge in [0.15, 0.2) is 5.78 Å². The molecule has 2 aliphatic rings. The molecule has 1 fully saturated rings. The number of methoxy groups -OCH3 is 1. The summed E-state index contributed by atoms with van der Waals surface area (Å²) in [6.07, 6.45) is 4.35. The first-order valence-electron chi connectivity index (χ1n) is 16.0. The van der Waals surface area contributed by atoms with E-state index in [1.165, 1.54) is 7.11 Å². The Hall–Kier alpha value is -4.51. The number of carbonyl (C=O) groups excluding carboxylic acids is 3. The van der Waals surface area contributed by atoms with Gasteiger partial charge in [-0.15, -0.1) is 5.10 Å². The summed E-state index contributed by atoms with van der Waals surface area (Å²) in [5, 5.41) is 8.73. The van der Waals surface area contributed by atoms with Gasteiger partial charge in [-0.25, -0.2) is 9.59 Å². The highest BCUT2D eigenvalue weighted by Crippen LogP contribution is 2.41. The van der Waals surface area contributed by atoms with Crippen LogP contribution in [0.25, 0.3) is 22.0 Å². The Labute approximate surface area is 284 Å². The van der Waals surface area contributed by atoms with E-state index in [4.69, 9.17) is 30.5 Å². The standard InChI is InChI=1S/C36H41ClN4O7/c1-34(2,3)47-32(43)38-36(12-13-36)20-40-17-27(30(42)23-14-22-15-24(37)9-11-29(22)46-19-23)25-10-8-21(16-28(25)40)26-18-41(39-31(26)45-7)33(44)48-35(4,5)6/h8-11,15-18,23H,12-14,19-20H2,1-7H3,(H,38,43). The van der Waals surface area contributed by atoms with Crippen molar-refractivity contribution < 1.29 is 33.3 Å². The highest BCUT2D eigenvalue weighted by molar-refractivity contribution is 6.30. The van der Waals surface area contributed by atoms with Gasteiger partial charge in [-0.3, -0.25) is 4.79 Å². The summed E-state index contributed by atoms with van der Waals surface area (Å²) in [7, 11) is 1.49. The van der Waals surface area contributed by atoms with Crippen molar-refractivity contribution in [2.24, 2.45) is 5.92 Å². The van der Waals surface area contributed by atoms with Crippen LogP contribution in [0.3, 0.4) is 0 Å². The molecule has 1 amide bonds. The molecule has 3 heterocycles. The van der Waals surface area contributed by atoms with Crippen LogP contribution >= 0.6 is 11.6 Å². The van der Waals surface area contributed by atoms with E-state index in [1.54, 1.807) is 33.0 Å². The number of nitrogens with one attached hydrogen (secondary N) is 1.